The molecule has 5 aromatic carbocycles. The first-order chi connectivity index (χ1) is 27.7. The fraction of sp³-hybridized carbons (Fsp3) is 0.244. The molecule has 0 aliphatic carbocycles. The van der Waals surface area contributed by atoms with Crippen LogP contribution in [0.4, 0.5) is 24.5 Å². The van der Waals surface area contributed by atoms with E-state index in [-0.39, 0.29) is 86.8 Å². The molecular weight excluding hydrogens is 789 g/mol. The second-order valence-corrected chi connectivity index (χ2v) is 14.1. The standard InChI is InChI=1S/C26H23F3N2O3.C19H20N2O3.K/c1-16(18-7-9-20(10-8-18)25(33)34)30-24(32)22-4-2-3-19-13-14-31(23(19)22)15-17-5-11-21(12-6-17)26(27,28)29;1-12(13-6-8-15(9-7-13)19(23)24-2)21-18(22)16-5-3-4-14-10-11-20-17(14)16;/h2-12,16H,13-15H2,1H3,(H,30,32)(H,33,34);3-9,12,20H,10-11H2,1-2H3,(H,21,22);/q;;+1/p-1/t16-;12-;/m00./s1. The van der Waals surface area contributed by atoms with Crippen LogP contribution in [-0.4, -0.2) is 44.0 Å². The summed E-state index contributed by atoms with van der Waals surface area (Å²) in [6, 6.07) is 29.0. The first-order valence-electron chi connectivity index (χ1n) is 18.7. The molecule has 10 nitrogen and oxygen atoms in total. The predicted octanol–water partition coefficient (Wildman–Crippen LogP) is 4.06. The Labute approximate surface area is 383 Å². The average molecular weight is 831 g/mol. The molecule has 300 valence electrons. The monoisotopic (exact) mass is 830 g/mol. The number of esters is 1. The number of rotatable bonds is 10. The summed E-state index contributed by atoms with van der Waals surface area (Å²) in [5.74, 6) is -2.03. The van der Waals surface area contributed by atoms with Crippen LogP contribution in [0.25, 0.3) is 0 Å². The van der Waals surface area contributed by atoms with Gasteiger partial charge in [0.2, 0.25) is 0 Å². The molecule has 2 aliphatic heterocycles. The van der Waals surface area contributed by atoms with Crippen molar-refractivity contribution in [3.63, 3.8) is 0 Å². The molecule has 2 amide bonds. The van der Waals surface area contributed by atoms with E-state index in [4.69, 9.17) is 0 Å². The zero-order valence-electron chi connectivity index (χ0n) is 33.1. The van der Waals surface area contributed by atoms with Gasteiger partial charge in [0.25, 0.3) is 11.8 Å². The van der Waals surface area contributed by atoms with E-state index in [1.54, 1.807) is 37.3 Å². The summed E-state index contributed by atoms with van der Waals surface area (Å²) in [6.45, 7) is 5.62. The van der Waals surface area contributed by atoms with Crippen molar-refractivity contribution in [3.8, 4) is 0 Å². The molecule has 2 aliphatic rings. The fourth-order valence-corrected chi connectivity index (χ4v) is 7.07. The van der Waals surface area contributed by atoms with Gasteiger partial charge in [-0.15, -0.1) is 0 Å². The van der Waals surface area contributed by atoms with Crippen LogP contribution in [0.15, 0.2) is 109 Å². The van der Waals surface area contributed by atoms with E-state index >= 15 is 0 Å². The number of ether oxygens (including phenoxy) is 1. The van der Waals surface area contributed by atoms with Gasteiger partial charge in [-0.3, -0.25) is 9.59 Å². The van der Waals surface area contributed by atoms with Crippen molar-refractivity contribution in [2.24, 2.45) is 0 Å². The Morgan fingerprint density at radius 3 is 1.85 bits per heavy atom. The zero-order valence-corrected chi connectivity index (χ0v) is 36.2. The Balaban J connectivity index is 0.000000233. The molecule has 2 heterocycles. The van der Waals surface area contributed by atoms with E-state index in [0.717, 1.165) is 65.1 Å². The van der Waals surface area contributed by atoms with Gasteiger partial charge < -0.3 is 35.5 Å². The first-order valence-corrected chi connectivity index (χ1v) is 18.7. The number of fused-ring (bicyclic) bond motifs is 2. The Morgan fingerprint density at radius 2 is 1.29 bits per heavy atom. The molecule has 0 aromatic heterocycles. The number of carboxylic acids is 1. The number of methoxy groups -OCH3 is 1. The summed E-state index contributed by atoms with van der Waals surface area (Å²) < 4.78 is 43.3. The third-order valence-electron chi connectivity index (χ3n) is 10.3. The average Bonchev–Trinajstić information content (AvgIpc) is 3.88. The fourth-order valence-electron chi connectivity index (χ4n) is 7.07. The number of alkyl halides is 3. The molecule has 7 rings (SSSR count). The van der Waals surface area contributed by atoms with E-state index in [2.05, 4.69) is 20.7 Å². The quantitative estimate of drug-likeness (QED) is 0.142. The van der Waals surface area contributed by atoms with Crippen LogP contribution < -0.4 is 77.3 Å². The molecule has 0 saturated carbocycles. The Morgan fingerprint density at radius 1 is 0.746 bits per heavy atom. The number of aromatic carboxylic acids is 1. The third-order valence-corrected chi connectivity index (χ3v) is 10.3. The molecule has 5 aromatic rings. The van der Waals surface area contributed by atoms with Gasteiger partial charge in [0, 0.05) is 19.6 Å². The summed E-state index contributed by atoms with van der Waals surface area (Å²) in [4.78, 5) is 50.1. The van der Waals surface area contributed by atoms with E-state index in [0.29, 0.717) is 29.8 Å². The van der Waals surface area contributed by atoms with Gasteiger partial charge >= 0.3 is 63.5 Å². The number of amides is 2. The van der Waals surface area contributed by atoms with Crippen molar-refractivity contribution in [1.29, 1.82) is 0 Å². The number of carbonyl (C=O) groups excluding carboxylic acids is 4. The number of carbonyl (C=O) groups is 4. The van der Waals surface area contributed by atoms with Gasteiger partial charge in [-0.2, -0.15) is 13.2 Å². The molecule has 0 radical (unpaired) electrons. The molecule has 2 atom stereocenters. The Hall–Kier alpha value is -4.99. The van der Waals surface area contributed by atoms with Gasteiger partial charge in [-0.25, -0.2) is 4.79 Å². The summed E-state index contributed by atoms with van der Waals surface area (Å²) in [6.07, 6.45) is -2.70. The molecule has 0 unspecified atom stereocenters. The first kappa shape index (κ1) is 45.1. The molecule has 3 N–H and O–H groups in total. The molecular formula is C45H42F3KN4O6. The van der Waals surface area contributed by atoms with Crippen LogP contribution >= 0.6 is 0 Å². The van der Waals surface area contributed by atoms with Crippen molar-refractivity contribution in [1.82, 2.24) is 10.6 Å². The number of nitrogens with zero attached hydrogens (tertiary/aromatic N) is 1. The summed E-state index contributed by atoms with van der Waals surface area (Å²) in [7, 11) is 1.35. The number of hydrogen-bond donors (Lipinski definition) is 3. The number of halogens is 3. The minimum absolute atomic E-state index is 0. The van der Waals surface area contributed by atoms with Crippen molar-refractivity contribution >= 4 is 35.1 Å². The number of para-hydroxylation sites is 2. The smallest absolute Gasteiger partial charge is 0.545 e. The number of carboxylic acid groups (broad SMARTS) is 1. The largest absolute Gasteiger partial charge is 1.00 e. The van der Waals surface area contributed by atoms with Gasteiger partial charge in [0.05, 0.1) is 58.8 Å². The Bertz CT molecular complexity index is 2300. The van der Waals surface area contributed by atoms with Crippen LogP contribution in [0.1, 0.15) is 101 Å². The molecule has 0 fully saturated rings. The number of benzene rings is 5. The molecule has 0 bridgehead atoms. The van der Waals surface area contributed by atoms with E-state index in [1.807, 2.05) is 54.3 Å². The molecule has 0 spiro atoms. The van der Waals surface area contributed by atoms with Crippen LogP contribution in [0.2, 0.25) is 0 Å². The van der Waals surface area contributed by atoms with Gasteiger partial charge in [-0.1, -0.05) is 72.8 Å². The third kappa shape index (κ3) is 11.0. The Kier molecular flexibility index (Phi) is 15.2. The number of hydrogen-bond acceptors (Lipinski definition) is 8. The normalized spacial score (nSPS) is 13.6. The summed E-state index contributed by atoms with van der Waals surface area (Å²) in [5.41, 5.74) is 7.29. The second-order valence-electron chi connectivity index (χ2n) is 14.1. The molecule has 14 heteroatoms. The van der Waals surface area contributed by atoms with Crippen molar-refractivity contribution < 1.29 is 93.6 Å². The van der Waals surface area contributed by atoms with E-state index < -0.39 is 17.7 Å². The minimum Gasteiger partial charge on any atom is -0.545 e. The van der Waals surface area contributed by atoms with E-state index in [1.165, 1.54) is 36.9 Å². The number of nitrogens with one attached hydrogen (secondary N) is 3. The second kappa shape index (κ2) is 19.8. The molecule has 0 saturated heterocycles. The summed E-state index contributed by atoms with van der Waals surface area (Å²) in [5, 5.41) is 20.2. The van der Waals surface area contributed by atoms with Crippen molar-refractivity contribution in [3.05, 3.63) is 165 Å². The maximum absolute atomic E-state index is 13.1. The van der Waals surface area contributed by atoms with Crippen LogP contribution in [0, 0.1) is 0 Å². The number of anilines is 2. The summed E-state index contributed by atoms with van der Waals surface area (Å²) >= 11 is 0. The van der Waals surface area contributed by atoms with Crippen molar-refractivity contribution in [2.45, 2.75) is 51.5 Å². The molecule has 59 heavy (non-hydrogen) atoms. The van der Waals surface area contributed by atoms with Crippen LogP contribution in [0.3, 0.4) is 0 Å². The minimum atomic E-state index is -4.38. The van der Waals surface area contributed by atoms with Gasteiger partial charge in [0.15, 0.2) is 0 Å². The SMILES string of the molecule is COC(=O)c1ccc([C@H](C)NC(=O)c2cccc3c2NCC3)cc1.C[C@H](NC(=O)c1cccc2c1N(Cc1ccc(C(F)(F)F)cc1)CC2)c1ccc(C(=O)[O-])cc1.[K+]. The van der Waals surface area contributed by atoms with Crippen LogP contribution in [-0.2, 0) is 30.3 Å². The zero-order chi connectivity index (χ0) is 41.6. The maximum Gasteiger partial charge on any atom is 1.00 e. The van der Waals surface area contributed by atoms with Crippen molar-refractivity contribution in [2.75, 3.05) is 30.4 Å². The van der Waals surface area contributed by atoms with E-state index in [9.17, 15) is 37.5 Å². The van der Waals surface area contributed by atoms with Gasteiger partial charge in [0.1, 0.15) is 0 Å². The predicted molar refractivity (Wildman–Crippen MR) is 212 cm³/mol. The van der Waals surface area contributed by atoms with Crippen LogP contribution in [0.5, 0.6) is 0 Å². The maximum atomic E-state index is 13.1. The topological polar surface area (TPSA) is 140 Å². The van der Waals surface area contributed by atoms with Gasteiger partial charge in [-0.05, 0) is 96.5 Å².